The minimum absolute atomic E-state index is 0.0442. The third kappa shape index (κ3) is 5.00. The van der Waals surface area contributed by atoms with Gasteiger partial charge in [-0.05, 0) is 48.0 Å². The molecule has 1 aliphatic rings. The van der Waals surface area contributed by atoms with Gasteiger partial charge in [-0.1, -0.05) is 19.1 Å². The van der Waals surface area contributed by atoms with Crippen LogP contribution in [0.25, 0.3) is 0 Å². The number of thioether (sulfide) groups is 1. The molecule has 0 aliphatic carbocycles. The standard InChI is InChI=1S/C16H22FNO2S/c1-12(13-3-2-4-14(17)10-13)9-15(19)18-11-16(20)5-7-21-8-6-16/h2-4,10,12,20H,5-9,11H2,1H3,(H,18,19). The van der Waals surface area contributed by atoms with E-state index < -0.39 is 5.60 Å². The maximum Gasteiger partial charge on any atom is 0.220 e. The minimum atomic E-state index is -0.761. The van der Waals surface area contributed by atoms with E-state index in [0.717, 1.165) is 29.9 Å². The molecule has 1 fully saturated rings. The van der Waals surface area contributed by atoms with Crippen molar-refractivity contribution >= 4 is 17.7 Å². The number of nitrogens with one attached hydrogen (secondary N) is 1. The van der Waals surface area contributed by atoms with E-state index in [2.05, 4.69) is 5.32 Å². The maximum absolute atomic E-state index is 13.2. The van der Waals surface area contributed by atoms with Crippen molar-refractivity contribution in [1.29, 1.82) is 0 Å². The topological polar surface area (TPSA) is 49.3 Å². The van der Waals surface area contributed by atoms with E-state index in [1.165, 1.54) is 12.1 Å². The van der Waals surface area contributed by atoms with Crippen LogP contribution in [0.4, 0.5) is 4.39 Å². The maximum atomic E-state index is 13.2. The SMILES string of the molecule is CC(CC(=O)NCC1(O)CCSCC1)c1cccc(F)c1. The molecule has 5 heteroatoms. The van der Waals surface area contributed by atoms with E-state index in [1.807, 2.05) is 24.8 Å². The highest BCUT2D eigenvalue weighted by Crippen LogP contribution is 2.26. The van der Waals surface area contributed by atoms with Crippen LogP contribution in [0.5, 0.6) is 0 Å². The van der Waals surface area contributed by atoms with Gasteiger partial charge in [0, 0.05) is 13.0 Å². The molecule has 0 saturated carbocycles. The highest BCUT2D eigenvalue weighted by atomic mass is 32.2. The Balaban J connectivity index is 1.81. The third-order valence-electron chi connectivity index (χ3n) is 3.95. The van der Waals surface area contributed by atoms with E-state index in [-0.39, 0.29) is 17.6 Å². The van der Waals surface area contributed by atoms with Crippen molar-refractivity contribution in [2.24, 2.45) is 0 Å². The second-order valence-electron chi connectivity index (χ2n) is 5.77. The van der Waals surface area contributed by atoms with Crippen molar-refractivity contribution in [3.63, 3.8) is 0 Å². The second-order valence-corrected chi connectivity index (χ2v) is 7.00. The highest BCUT2D eigenvalue weighted by molar-refractivity contribution is 7.99. The predicted octanol–water partition coefficient (Wildman–Crippen LogP) is 2.69. The van der Waals surface area contributed by atoms with Crippen molar-refractivity contribution in [2.45, 2.75) is 37.7 Å². The zero-order chi connectivity index (χ0) is 15.3. The molecule has 21 heavy (non-hydrogen) atoms. The first kappa shape index (κ1) is 16.3. The van der Waals surface area contributed by atoms with Crippen molar-refractivity contribution in [3.8, 4) is 0 Å². The fourth-order valence-electron chi connectivity index (χ4n) is 2.47. The number of rotatable bonds is 5. The third-order valence-corrected chi connectivity index (χ3v) is 4.93. The van der Waals surface area contributed by atoms with E-state index in [9.17, 15) is 14.3 Å². The molecule has 2 rings (SSSR count). The summed E-state index contributed by atoms with van der Waals surface area (Å²) in [5, 5.41) is 13.1. The number of hydrogen-bond donors (Lipinski definition) is 2. The van der Waals surface area contributed by atoms with Crippen LogP contribution < -0.4 is 5.32 Å². The summed E-state index contributed by atoms with van der Waals surface area (Å²) in [6.07, 6.45) is 1.74. The number of aliphatic hydroxyl groups is 1. The first-order chi connectivity index (χ1) is 9.98. The molecule has 0 radical (unpaired) electrons. The van der Waals surface area contributed by atoms with Crippen molar-refractivity contribution < 1.29 is 14.3 Å². The number of carbonyl (C=O) groups is 1. The summed E-state index contributed by atoms with van der Waals surface area (Å²) in [4.78, 5) is 12.0. The summed E-state index contributed by atoms with van der Waals surface area (Å²) in [6, 6.07) is 6.34. The molecule has 1 unspecified atom stereocenters. The average molecular weight is 311 g/mol. The Hall–Kier alpha value is -1.07. The van der Waals surface area contributed by atoms with Crippen LogP contribution in [0.2, 0.25) is 0 Å². The van der Waals surface area contributed by atoms with E-state index in [4.69, 9.17) is 0 Å². The van der Waals surface area contributed by atoms with E-state index in [1.54, 1.807) is 6.07 Å². The fraction of sp³-hybridized carbons (Fsp3) is 0.562. The monoisotopic (exact) mass is 311 g/mol. The Bertz CT molecular complexity index is 489. The highest BCUT2D eigenvalue weighted by Gasteiger charge is 2.29. The molecule has 1 saturated heterocycles. The lowest BCUT2D eigenvalue weighted by atomic mass is 9.95. The zero-order valence-electron chi connectivity index (χ0n) is 12.3. The number of carbonyl (C=O) groups excluding carboxylic acids is 1. The summed E-state index contributed by atoms with van der Waals surface area (Å²) in [6.45, 7) is 2.21. The first-order valence-electron chi connectivity index (χ1n) is 7.31. The molecular weight excluding hydrogens is 289 g/mol. The smallest absolute Gasteiger partial charge is 0.220 e. The Kier molecular flexibility index (Phi) is 5.65. The van der Waals surface area contributed by atoms with E-state index >= 15 is 0 Å². The summed E-state index contributed by atoms with van der Waals surface area (Å²) < 4.78 is 13.2. The molecule has 1 atom stereocenters. The Morgan fingerprint density at radius 2 is 2.19 bits per heavy atom. The lowest BCUT2D eigenvalue weighted by Crippen LogP contribution is -2.45. The quantitative estimate of drug-likeness (QED) is 0.879. The van der Waals surface area contributed by atoms with Gasteiger partial charge in [0.15, 0.2) is 0 Å². The molecular formula is C16H22FNO2S. The molecule has 3 nitrogen and oxygen atoms in total. The van der Waals surface area contributed by atoms with Crippen molar-refractivity contribution in [2.75, 3.05) is 18.1 Å². The fourth-order valence-corrected chi connectivity index (χ4v) is 3.73. The zero-order valence-corrected chi connectivity index (χ0v) is 13.1. The first-order valence-corrected chi connectivity index (χ1v) is 8.46. The van der Waals surface area contributed by atoms with Gasteiger partial charge < -0.3 is 10.4 Å². The number of benzene rings is 1. The summed E-state index contributed by atoms with van der Waals surface area (Å²) in [5.41, 5.74) is 0.0566. The van der Waals surface area contributed by atoms with Gasteiger partial charge in [0.25, 0.3) is 0 Å². The number of amides is 1. The van der Waals surface area contributed by atoms with Crippen LogP contribution in [0.1, 0.15) is 37.7 Å². The molecule has 1 aromatic rings. The van der Waals surface area contributed by atoms with Crippen LogP contribution >= 0.6 is 11.8 Å². The van der Waals surface area contributed by atoms with Gasteiger partial charge in [0.1, 0.15) is 5.82 Å². The van der Waals surface area contributed by atoms with E-state index in [0.29, 0.717) is 13.0 Å². The largest absolute Gasteiger partial charge is 0.388 e. The summed E-state index contributed by atoms with van der Waals surface area (Å²) >= 11 is 1.83. The van der Waals surface area contributed by atoms with Gasteiger partial charge in [-0.15, -0.1) is 0 Å². The summed E-state index contributed by atoms with van der Waals surface area (Å²) in [7, 11) is 0. The molecule has 1 heterocycles. The molecule has 2 N–H and O–H groups in total. The normalized spacial score (nSPS) is 19.0. The number of hydrogen-bond acceptors (Lipinski definition) is 3. The predicted molar refractivity (Wildman–Crippen MR) is 84.0 cm³/mol. The molecule has 1 amide bonds. The van der Waals surface area contributed by atoms with Gasteiger partial charge in [-0.3, -0.25) is 4.79 Å². The number of halogens is 1. The lowest BCUT2D eigenvalue weighted by Gasteiger charge is -2.31. The molecule has 0 bridgehead atoms. The lowest BCUT2D eigenvalue weighted by molar-refractivity contribution is -0.122. The van der Waals surface area contributed by atoms with Gasteiger partial charge >= 0.3 is 0 Å². The van der Waals surface area contributed by atoms with Crippen LogP contribution in [-0.2, 0) is 4.79 Å². The van der Waals surface area contributed by atoms with Crippen molar-refractivity contribution in [3.05, 3.63) is 35.6 Å². The van der Waals surface area contributed by atoms with Crippen LogP contribution in [-0.4, -0.2) is 34.7 Å². The van der Waals surface area contributed by atoms with Gasteiger partial charge in [-0.2, -0.15) is 11.8 Å². The Labute approximate surface area is 129 Å². The average Bonchev–Trinajstić information content (AvgIpc) is 2.46. The Morgan fingerprint density at radius 1 is 1.48 bits per heavy atom. The minimum Gasteiger partial charge on any atom is -0.388 e. The van der Waals surface area contributed by atoms with Crippen LogP contribution in [0, 0.1) is 5.82 Å². The molecule has 1 aromatic carbocycles. The van der Waals surface area contributed by atoms with Gasteiger partial charge in [-0.25, -0.2) is 4.39 Å². The Morgan fingerprint density at radius 3 is 2.86 bits per heavy atom. The second kappa shape index (κ2) is 7.27. The van der Waals surface area contributed by atoms with Crippen molar-refractivity contribution in [1.82, 2.24) is 5.32 Å². The van der Waals surface area contributed by atoms with Crippen LogP contribution in [0.15, 0.2) is 24.3 Å². The molecule has 0 aromatic heterocycles. The molecule has 116 valence electrons. The summed E-state index contributed by atoms with van der Waals surface area (Å²) in [5.74, 6) is 1.45. The van der Waals surface area contributed by atoms with Gasteiger partial charge in [0.05, 0.1) is 5.60 Å². The van der Waals surface area contributed by atoms with Gasteiger partial charge in [0.2, 0.25) is 5.91 Å². The molecule has 1 aliphatic heterocycles. The van der Waals surface area contributed by atoms with Crippen LogP contribution in [0.3, 0.4) is 0 Å². The molecule has 0 spiro atoms.